The lowest BCUT2D eigenvalue weighted by Crippen LogP contribution is -2.51. The number of allylic oxidation sites excluding steroid dienone is 1. The van der Waals surface area contributed by atoms with Crippen LogP contribution in [0.2, 0.25) is 25.7 Å². The Balaban J connectivity index is 2.41. The molecule has 19 heavy (non-hydrogen) atoms. The van der Waals surface area contributed by atoms with Gasteiger partial charge in [-0.1, -0.05) is 31.8 Å². The van der Waals surface area contributed by atoms with Crippen molar-refractivity contribution in [1.29, 1.82) is 5.26 Å². The fourth-order valence-electron chi connectivity index (χ4n) is 2.12. The molecule has 1 aliphatic rings. The molecule has 2 N–H and O–H groups in total. The van der Waals surface area contributed by atoms with Gasteiger partial charge in [-0.2, -0.15) is 5.26 Å². The van der Waals surface area contributed by atoms with Crippen LogP contribution < -0.4 is 5.73 Å². The van der Waals surface area contributed by atoms with Crippen LogP contribution in [0.4, 0.5) is 0 Å². The summed E-state index contributed by atoms with van der Waals surface area (Å²) in [5.41, 5.74) is 6.16. The van der Waals surface area contributed by atoms with Crippen LogP contribution in [0, 0.1) is 11.3 Å². The molecule has 1 rings (SSSR count). The second-order valence-electron chi connectivity index (χ2n) is 6.36. The SMILES string of the molecule is C[Si](C)(C)C/C=C/C[C@H](N)C(C#N)N1CCOCC1. The molecule has 0 amide bonds. The lowest BCUT2D eigenvalue weighted by Gasteiger charge is -2.33. The maximum Gasteiger partial charge on any atom is 0.113 e. The van der Waals surface area contributed by atoms with Gasteiger partial charge in [0.1, 0.15) is 6.04 Å². The third kappa shape index (κ3) is 6.35. The van der Waals surface area contributed by atoms with Crippen LogP contribution in [0.15, 0.2) is 12.2 Å². The van der Waals surface area contributed by atoms with Crippen molar-refractivity contribution in [2.75, 3.05) is 26.3 Å². The van der Waals surface area contributed by atoms with Gasteiger partial charge in [-0.25, -0.2) is 0 Å². The minimum absolute atomic E-state index is 0.110. The van der Waals surface area contributed by atoms with E-state index in [2.05, 4.69) is 42.8 Å². The summed E-state index contributed by atoms with van der Waals surface area (Å²) >= 11 is 0. The zero-order valence-electron chi connectivity index (χ0n) is 12.4. The van der Waals surface area contributed by atoms with Crippen molar-refractivity contribution in [1.82, 2.24) is 4.90 Å². The first-order valence-corrected chi connectivity index (χ1v) is 10.8. The van der Waals surface area contributed by atoms with E-state index in [0.717, 1.165) is 19.5 Å². The molecule has 0 aromatic heterocycles. The molecular formula is C14H27N3OSi. The van der Waals surface area contributed by atoms with Crippen LogP contribution in [-0.4, -0.2) is 51.4 Å². The van der Waals surface area contributed by atoms with E-state index in [9.17, 15) is 5.26 Å². The third-order valence-electron chi connectivity index (χ3n) is 3.28. The largest absolute Gasteiger partial charge is 0.379 e. The molecule has 0 aromatic rings. The molecule has 0 aromatic carbocycles. The van der Waals surface area contributed by atoms with Gasteiger partial charge in [0.25, 0.3) is 0 Å². The van der Waals surface area contributed by atoms with Crippen molar-refractivity contribution in [2.45, 2.75) is 44.2 Å². The molecule has 1 heterocycles. The van der Waals surface area contributed by atoms with E-state index in [1.807, 2.05) is 0 Å². The number of nitrogens with zero attached hydrogens (tertiary/aromatic N) is 2. The van der Waals surface area contributed by atoms with Gasteiger partial charge in [0, 0.05) is 27.2 Å². The quantitative estimate of drug-likeness (QED) is 0.596. The fourth-order valence-corrected chi connectivity index (χ4v) is 3.00. The average Bonchev–Trinajstić information content (AvgIpc) is 2.36. The van der Waals surface area contributed by atoms with E-state index in [1.165, 1.54) is 6.04 Å². The summed E-state index contributed by atoms with van der Waals surface area (Å²) < 4.78 is 5.31. The van der Waals surface area contributed by atoms with Crippen molar-refractivity contribution >= 4 is 8.07 Å². The zero-order valence-corrected chi connectivity index (χ0v) is 13.4. The van der Waals surface area contributed by atoms with Crippen LogP contribution in [0.1, 0.15) is 6.42 Å². The molecule has 0 aliphatic carbocycles. The van der Waals surface area contributed by atoms with Crippen molar-refractivity contribution < 1.29 is 4.74 Å². The van der Waals surface area contributed by atoms with Gasteiger partial charge in [-0.05, 0) is 12.5 Å². The highest BCUT2D eigenvalue weighted by molar-refractivity contribution is 6.76. The number of morpholine rings is 1. The molecule has 0 radical (unpaired) electrons. The maximum atomic E-state index is 9.30. The summed E-state index contributed by atoms with van der Waals surface area (Å²) in [4.78, 5) is 2.14. The number of hydrogen-bond donors (Lipinski definition) is 1. The van der Waals surface area contributed by atoms with Crippen molar-refractivity contribution in [3.8, 4) is 6.07 Å². The van der Waals surface area contributed by atoms with Crippen molar-refractivity contribution in [2.24, 2.45) is 5.73 Å². The van der Waals surface area contributed by atoms with Gasteiger partial charge in [0.15, 0.2) is 0 Å². The van der Waals surface area contributed by atoms with E-state index >= 15 is 0 Å². The number of nitrogens with two attached hydrogens (primary N) is 1. The van der Waals surface area contributed by atoms with Crippen LogP contribution >= 0.6 is 0 Å². The molecule has 1 fully saturated rings. The Morgan fingerprint density at radius 2 is 1.95 bits per heavy atom. The molecule has 4 nitrogen and oxygen atoms in total. The minimum Gasteiger partial charge on any atom is -0.379 e. The fraction of sp³-hybridized carbons (Fsp3) is 0.786. The first kappa shape index (κ1) is 16.4. The second-order valence-corrected chi connectivity index (χ2v) is 11.9. The van der Waals surface area contributed by atoms with Crippen LogP contribution in [-0.2, 0) is 4.74 Å². The molecule has 1 unspecified atom stereocenters. The summed E-state index contributed by atoms with van der Waals surface area (Å²) in [5, 5.41) is 9.30. The van der Waals surface area contributed by atoms with E-state index < -0.39 is 8.07 Å². The summed E-state index contributed by atoms with van der Waals surface area (Å²) in [7, 11) is -1.02. The minimum atomic E-state index is -1.02. The Kier molecular flexibility index (Phi) is 6.73. The van der Waals surface area contributed by atoms with E-state index in [1.54, 1.807) is 0 Å². The zero-order chi connectivity index (χ0) is 14.3. The van der Waals surface area contributed by atoms with Gasteiger partial charge in [-0.3, -0.25) is 4.90 Å². The van der Waals surface area contributed by atoms with Crippen LogP contribution in [0.25, 0.3) is 0 Å². The Morgan fingerprint density at radius 3 is 2.47 bits per heavy atom. The monoisotopic (exact) mass is 281 g/mol. The molecule has 0 spiro atoms. The molecule has 1 aliphatic heterocycles. The van der Waals surface area contributed by atoms with E-state index in [-0.39, 0.29) is 12.1 Å². The maximum absolute atomic E-state index is 9.30. The van der Waals surface area contributed by atoms with Gasteiger partial charge in [0.05, 0.1) is 19.3 Å². The summed E-state index contributed by atoms with van der Waals surface area (Å²) in [6.07, 6.45) is 5.16. The van der Waals surface area contributed by atoms with Gasteiger partial charge < -0.3 is 10.5 Å². The highest BCUT2D eigenvalue weighted by atomic mass is 28.3. The average molecular weight is 281 g/mol. The van der Waals surface area contributed by atoms with E-state index in [4.69, 9.17) is 10.5 Å². The lowest BCUT2D eigenvalue weighted by atomic mass is 10.0. The standard InChI is InChI=1S/C14H27N3OSi/c1-19(2,3)11-5-4-6-13(16)14(12-15)17-7-9-18-10-8-17/h4-5,13-14H,6-11,16H2,1-3H3/b5-4+/t13-,14?/m0/s1. The van der Waals surface area contributed by atoms with Crippen LogP contribution in [0.3, 0.4) is 0 Å². The summed E-state index contributed by atoms with van der Waals surface area (Å²) in [6.45, 7) is 10.1. The van der Waals surface area contributed by atoms with Crippen molar-refractivity contribution in [3.63, 3.8) is 0 Å². The molecule has 0 bridgehead atoms. The molecule has 108 valence electrons. The van der Waals surface area contributed by atoms with E-state index in [0.29, 0.717) is 13.2 Å². The number of hydrogen-bond acceptors (Lipinski definition) is 4. The van der Waals surface area contributed by atoms with Gasteiger partial charge in [-0.15, -0.1) is 0 Å². The topological polar surface area (TPSA) is 62.3 Å². The van der Waals surface area contributed by atoms with Gasteiger partial charge >= 0.3 is 0 Å². The number of ether oxygens (including phenoxy) is 1. The molecule has 2 atom stereocenters. The second kappa shape index (κ2) is 7.80. The Morgan fingerprint density at radius 1 is 1.32 bits per heavy atom. The summed E-state index contributed by atoms with van der Waals surface area (Å²) in [5.74, 6) is 0. The molecule has 1 saturated heterocycles. The molecule has 0 saturated carbocycles. The van der Waals surface area contributed by atoms with Crippen LogP contribution in [0.5, 0.6) is 0 Å². The molecule has 5 heteroatoms. The smallest absolute Gasteiger partial charge is 0.113 e. The Labute approximate surface area is 118 Å². The predicted octanol–water partition coefficient (Wildman–Crippen LogP) is 1.82. The highest BCUT2D eigenvalue weighted by Gasteiger charge is 2.25. The highest BCUT2D eigenvalue weighted by Crippen LogP contribution is 2.11. The normalized spacial score (nSPS) is 21.2. The third-order valence-corrected chi connectivity index (χ3v) is 4.74. The predicted molar refractivity (Wildman–Crippen MR) is 81.7 cm³/mol. The molecular weight excluding hydrogens is 254 g/mol. The Bertz CT molecular complexity index is 327. The number of nitriles is 1. The number of rotatable bonds is 6. The first-order valence-electron chi connectivity index (χ1n) is 7.06. The van der Waals surface area contributed by atoms with Gasteiger partial charge in [0.2, 0.25) is 0 Å². The first-order chi connectivity index (χ1) is 8.94. The van der Waals surface area contributed by atoms with Crippen molar-refractivity contribution in [3.05, 3.63) is 12.2 Å². The summed E-state index contributed by atoms with van der Waals surface area (Å²) in [6, 6.07) is 3.22. The Hall–Kier alpha value is -0.673. The lowest BCUT2D eigenvalue weighted by molar-refractivity contribution is 0.0227.